The second-order valence-corrected chi connectivity index (χ2v) is 5.17. The van der Waals surface area contributed by atoms with Crippen molar-refractivity contribution in [1.82, 2.24) is 4.90 Å². The van der Waals surface area contributed by atoms with E-state index < -0.39 is 11.9 Å². The van der Waals surface area contributed by atoms with Gasteiger partial charge in [-0.25, -0.2) is 9.59 Å². The first kappa shape index (κ1) is 15.9. The molecule has 0 amide bonds. The van der Waals surface area contributed by atoms with Crippen LogP contribution in [-0.2, 0) is 23.8 Å². The highest BCUT2D eigenvalue weighted by molar-refractivity contribution is 8.26. The number of hydrogen-bond donors (Lipinski definition) is 0. The zero-order valence-corrected chi connectivity index (χ0v) is 12.3. The van der Waals surface area contributed by atoms with Crippen LogP contribution in [0.3, 0.4) is 0 Å². The summed E-state index contributed by atoms with van der Waals surface area (Å²) in [4.78, 5) is 24.8. The average molecular weight is 305 g/mol. The van der Waals surface area contributed by atoms with E-state index in [1.807, 2.05) is 4.90 Å². The summed E-state index contributed by atoms with van der Waals surface area (Å²) in [5.41, 5.74) is 0. The zero-order chi connectivity index (χ0) is 14.3. The molecule has 0 N–H and O–H groups in total. The van der Waals surface area contributed by atoms with E-state index in [1.165, 1.54) is 14.2 Å². The molecule has 0 unspecified atom stereocenters. The molecule has 0 aromatic rings. The minimum Gasteiger partial charge on any atom is -0.466 e. The molecule has 1 aliphatic rings. The Labute approximate surface area is 121 Å². The molecular formula is C11H15NO5S2. The summed E-state index contributed by atoms with van der Waals surface area (Å²) >= 11 is 6.25. The van der Waals surface area contributed by atoms with Crippen molar-refractivity contribution >= 4 is 40.2 Å². The smallest absolute Gasteiger partial charge is 0.345 e. The van der Waals surface area contributed by atoms with Crippen LogP contribution < -0.4 is 0 Å². The van der Waals surface area contributed by atoms with E-state index >= 15 is 0 Å². The summed E-state index contributed by atoms with van der Waals surface area (Å²) in [6.45, 7) is 2.51. The van der Waals surface area contributed by atoms with Crippen LogP contribution in [0.25, 0.3) is 0 Å². The average Bonchev–Trinajstić information content (AvgIpc) is 2.46. The van der Waals surface area contributed by atoms with Gasteiger partial charge in [0.2, 0.25) is 0 Å². The van der Waals surface area contributed by atoms with E-state index in [1.54, 1.807) is 0 Å². The molecule has 0 bridgehead atoms. The summed E-state index contributed by atoms with van der Waals surface area (Å²) in [5.74, 6) is -1.25. The van der Waals surface area contributed by atoms with Crippen LogP contribution >= 0.6 is 24.0 Å². The van der Waals surface area contributed by atoms with Crippen molar-refractivity contribution in [1.29, 1.82) is 0 Å². The van der Waals surface area contributed by atoms with Crippen molar-refractivity contribution < 1.29 is 23.8 Å². The lowest BCUT2D eigenvalue weighted by Gasteiger charge is -2.28. The van der Waals surface area contributed by atoms with Crippen LogP contribution in [0, 0.1) is 0 Å². The summed E-state index contributed by atoms with van der Waals surface area (Å²) in [5, 5.41) is 0. The number of carbonyl (C=O) groups is 2. The Bertz CT molecular complexity index is 391. The molecule has 8 heteroatoms. The lowest BCUT2D eigenvalue weighted by atomic mass is 10.5. The minimum atomic E-state index is -0.627. The van der Waals surface area contributed by atoms with E-state index in [-0.39, 0.29) is 4.91 Å². The van der Waals surface area contributed by atoms with Gasteiger partial charge >= 0.3 is 11.9 Å². The van der Waals surface area contributed by atoms with Crippen molar-refractivity contribution in [3.63, 3.8) is 0 Å². The second kappa shape index (κ2) is 8.13. The van der Waals surface area contributed by atoms with Gasteiger partial charge in [-0.15, -0.1) is 0 Å². The fourth-order valence-electron chi connectivity index (χ4n) is 1.30. The van der Waals surface area contributed by atoms with E-state index in [4.69, 9.17) is 17.0 Å². The third kappa shape index (κ3) is 5.17. The van der Waals surface area contributed by atoms with Gasteiger partial charge < -0.3 is 19.1 Å². The molecule has 0 radical (unpaired) electrons. The maximum absolute atomic E-state index is 11.6. The number of esters is 2. The van der Waals surface area contributed by atoms with Crippen molar-refractivity contribution in [2.75, 3.05) is 40.5 Å². The summed E-state index contributed by atoms with van der Waals surface area (Å²) in [7, 11) is 2.48. The fourth-order valence-corrected chi connectivity index (χ4v) is 2.57. The van der Waals surface area contributed by atoms with Gasteiger partial charge in [-0.05, 0) is 0 Å². The van der Waals surface area contributed by atoms with Gasteiger partial charge in [0.1, 0.15) is 9.23 Å². The number of rotatable bonds is 3. The topological polar surface area (TPSA) is 65.1 Å². The molecule has 1 heterocycles. The molecule has 0 spiro atoms. The third-order valence-electron chi connectivity index (χ3n) is 2.30. The van der Waals surface area contributed by atoms with Gasteiger partial charge in [-0.2, -0.15) is 0 Å². The predicted octanol–water partition coefficient (Wildman–Crippen LogP) is 0.567. The fraction of sp³-hybridized carbons (Fsp3) is 0.545. The molecule has 0 aliphatic carbocycles. The van der Waals surface area contributed by atoms with Gasteiger partial charge in [-0.1, -0.05) is 24.0 Å². The van der Waals surface area contributed by atoms with Crippen LogP contribution in [0.4, 0.5) is 0 Å². The lowest BCUT2D eigenvalue weighted by molar-refractivity contribution is -0.137. The first-order valence-corrected chi connectivity index (χ1v) is 6.73. The van der Waals surface area contributed by atoms with Gasteiger partial charge in [-0.3, -0.25) is 0 Å². The van der Waals surface area contributed by atoms with E-state index in [0.717, 1.165) is 17.8 Å². The normalized spacial score (nSPS) is 15.9. The van der Waals surface area contributed by atoms with Gasteiger partial charge in [0.25, 0.3) is 0 Å². The first-order valence-electron chi connectivity index (χ1n) is 5.51. The molecule has 0 aromatic carbocycles. The highest BCUT2D eigenvalue weighted by atomic mass is 32.2. The Morgan fingerprint density at radius 3 is 2.42 bits per heavy atom. The van der Waals surface area contributed by atoms with Crippen LogP contribution in [0.1, 0.15) is 0 Å². The molecule has 106 valence electrons. The van der Waals surface area contributed by atoms with Crippen molar-refractivity contribution in [2.45, 2.75) is 0 Å². The second-order valence-electron chi connectivity index (χ2n) is 3.49. The SMILES string of the molecule is COC(=O)/C=C(/SC(=S)N1CCOCC1)C(=O)OC. The number of methoxy groups -OCH3 is 2. The number of thioether (sulfide) groups is 1. The number of thiocarbonyl (C=S) groups is 1. The molecule has 1 rings (SSSR count). The van der Waals surface area contributed by atoms with Crippen molar-refractivity contribution in [2.24, 2.45) is 0 Å². The van der Waals surface area contributed by atoms with Crippen molar-refractivity contribution in [3.05, 3.63) is 11.0 Å². The summed E-state index contributed by atoms with van der Waals surface area (Å²) in [6.07, 6.45) is 1.07. The minimum absolute atomic E-state index is 0.103. The highest BCUT2D eigenvalue weighted by Gasteiger charge is 2.20. The molecule has 1 fully saturated rings. The monoisotopic (exact) mass is 305 g/mol. The number of hydrogen-bond acceptors (Lipinski definition) is 7. The Kier molecular flexibility index (Phi) is 6.82. The Morgan fingerprint density at radius 1 is 1.26 bits per heavy atom. The van der Waals surface area contributed by atoms with Crippen LogP contribution in [-0.4, -0.2) is 61.7 Å². The summed E-state index contributed by atoms with van der Waals surface area (Å²) in [6, 6.07) is 0. The van der Waals surface area contributed by atoms with Crippen LogP contribution in [0.15, 0.2) is 11.0 Å². The molecule has 0 saturated carbocycles. The number of ether oxygens (including phenoxy) is 3. The molecule has 1 saturated heterocycles. The van der Waals surface area contributed by atoms with Crippen LogP contribution in [0.2, 0.25) is 0 Å². The van der Waals surface area contributed by atoms with E-state index in [9.17, 15) is 9.59 Å². The van der Waals surface area contributed by atoms with Crippen molar-refractivity contribution in [3.8, 4) is 0 Å². The van der Waals surface area contributed by atoms with Gasteiger partial charge in [0.15, 0.2) is 0 Å². The number of carbonyl (C=O) groups excluding carboxylic acids is 2. The molecule has 0 atom stereocenters. The third-order valence-corrected chi connectivity index (χ3v) is 3.75. The zero-order valence-electron chi connectivity index (χ0n) is 10.7. The Morgan fingerprint density at radius 2 is 1.89 bits per heavy atom. The largest absolute Gasteiger partial charge is 0.466 e. The van der Waals surface area contributed by atoms with Gasteiger partial charge in [0, 0.05) is 19.2 Å². The quantitative estimate of drug-likeness (QED) is 0.426. The number of morpholine rings is 1. The summed E-state index contributed by atoms with van der Waals surface area (Å²) < 4.78 is 14.8. The number of nitrogens with zero attached hydrogens (tertiary/aromatic N) is 1. The van der Waals surface area contributed by atoms with Gasteiger partial charge in [0.05, 0.1) is 27.4 Å². The maximum Gasteiger partial charge on any atom is 0.345 e. The standard InChI is InChI=1S/C11H15NO5S2/c1-15-9(13)7-8(10(14)16-2)19-11(18)12-3-5-17-6-4-12/h7H,3-6H2,1-2H3/b8-7+. The first-order chi connectivity index (χ1) is 9.08. The maximum atomic E-state index is 11.6. The van der Waals surface area contributed by atoms with Crippen LogP contribution in [0.5, 0.6) is 0 Å². The van der Waals surface area contributed by atoms with E-state index in [0.29, 0.717) is 30.6 Å². The molecular weight excluding hydrogens is 290 g/mol. The molecule has 19 heavy (non-hydrogen) atoms. The lowest BCUT2D eigenvalue weighted by Crippen LogP contribution is -2.38. The molecule has 1 aliphatic heterocycles. The highest BCUT2D eigenvalue weighted by Crippen LogP contribution is 2.22. The predicted molar refractivity (Wildman–Crippen MR) is 74.7 cm³/mol. The molecule has 6 nitrogen and oxygen atoms in total. The Balaban J connectivity index is 2.71. The molecule has 0 aromatic heterocycles. The van der Waals surface area contributed by atoms with E-state index in [2.05, 4.69) is 9.47 Å². The Hall–Kier alpha value is -1.12.